The van der Waals surface area contributed by atoms with E-state index in [0.29, 0.717) is 0 Å². The lowest BCUT2D eigenvalue weighted by atomic mass is 10.5. The van der Waals surface area contributed by atoms with Crippen molar-refractivity contribution in [2.24, 2.45) is 0 Å². The van der Waals surface area contributed by atoms with E-state index in [1.54, 1.807) is 0 Å². The second kappa shape index (κ2) is 4.04. The van der Waals surface area contributed by atoms with Crippen LogP contribution in [0.4, 0.5) is 5.82 Å². The summed E-state index contributed by atoms with van der Waals surface area (Å²) in [6, 6.07) is 2.59. The first-order chi connectivity index (χ1) is 8.06. The molecule has 0 amide bonds. The van der Waals surface area contributed by atoms with E-state index < -0.39 is 10.9 Å². The van der Waals surface area contributed by atoms with Crippen LogP contribution in [0, 0.1) is 10.1 Å². The number of hydrogen-bond donors (Lipinski definition) is 1. The molecule has 0 saturated heterocycles. The molecular weight excluding hydrogens is 230 g/mol. The second-order valence-electron chi connectivity index (χ2n) is 3.16. The molecule has 9 heteroatoms. The van der Waals surface area contributed by atoms with Gasteiger partial charge in [0.1, 0.15) is 0 Å². The smallest absolute Gasteiger partial charge is 0.389 e. The molecule has 0 aliphatic heterocycles. The number of carboxylic acid groups (broad SMARTS) is 1. The molecule has 0 saturated carbocycles. The maximum Gasteiger partial charge on any atom is 0.389 e. The van der Waals surface area contributed by atoms with E-state index in [2.05, 4.69) is 10.2 Å². The number of aromatic nitrogens is 4. The molecule has 0 fully saturated rings. The van der Waals surface area contributed by atoms with Gasteiger partial charge >= 0.3 is 11.8 Å². The fourth-order valence-electron chi connectivity index (χ4n) is 1.23. The van der Waals surface area contributed by atoms with Crippen LogP contribution < -0.4 is 0 Å². The Morgan fingerprint density at radius 2 is 2.00 bits per heavy atom. The number of aromatic carboxylic acids is 1. The van der Waals surface area contributed by atoms with Crippen LogP contribution in [0.25, 0.3) is 0 Å². The van der Waals surface area contributed by atoms with Gasteiger partial charge in [-0.2, -0.15) is 9.78 Å². The van der Waals surface area contributed by atoms with Gasteiger partial charge in [0.2, 0.25) is 0 Å². The zero-order valence-corrected chi connectivity index (χ0v) is 8.42. The Bertz CT molecular complexity index is 522. The van der Waals surface area contributed by atoms with Crippen LogP contribution in [-0.2, 0) is 6.67 Å². The summed E-state index contributed by atoms with van der Waals surface area (Å²) in [6.45, 7) is 0.112. The highest BCUT2D eigenvalue weighted by molar-refractivity contribution is 5.84. The van der Waals surface area contributed by atoms with Crippen molar-refractivity contribution in [3.8, 4) is 0 Å². The summed E-state index contributed by atoms with van der Waals surface area (Å²) in [5, 5.41) is 26.5. The highest BCUT2D eigenvalue weighted by atomic mass is 16.6. The molecule has 0 spiro atoms. The first-order valence-corrected chi connectivity index (χ1v) is 4.51. The quantitative estimate of drug-likeness (QED) is 0.599. The van der Waals surface area contributed by atoms with Crippen LogP contribution in [0.15, 0.2) is 24.5 Å². The molecule has 2 aromatic heterocycles. The first-order valence-electron chi connectivity index (χ1n) is 4.51. The van der Waals surface area contributed by atoms with Crippen LogP contribution in [0.2, 0.25) is 0 Å². The minimum atomic E-state index is -1.13. The molecule has 2 heterocycles. The molecular formula is C8H7N5O4. The third-order valence-corrected chi connectivity index (χ3v) is 1.96. The first kappa shape index (κ1) is 10.8. The Labute approximate surface area is 94.0 Å². The molecule has 9 nitrogen and oxygen atoms in total. The number of nitro groups is 1. The van der Waals surface area contributed by atoms with Crippen LogP contribution in [0.3, 0.4) is 0 Å². The average Bonchev–Trinajstić information content (AvgIpc) is 2.87. The van der Waals surface area contributed by atoms with E-state index in [1.807, 2.05) is 0 Å². The monoisotopic (exact) mass is 237 g/mol. The SMILES string of the molecule is O=C(O)c1ccn(Cn2ccc([N+](=O)[O-])n2)n1. The zero-order chi connectivity index (χ0) is 12.4. The summed E-state index contributed by atoms with van der Waals surface area (Å²) in [4.78, 5) is 20.4. The van der Waals surface area contributed by atoms with Gasteiger partial charge in [-0.25, -0.2) is 9.48 Å². The van der Waals surface area contributed by atoms with Gasteiger partial charge in [0, 0.05) is 6.20 Å². The Hall–Kier alpha value is -2.71. The van der Waals surface area contributed by atoms with Crippen molar-refractivity contribution >= 4 is 11.8 Å². The van der Waals surface area contributed by atoms with Gasteiger partial charge < -0.3 is 15.2 Å². The van der Waals surface area contributed by atoms with Gasteiger partial charge in [0.25, 0.3) is 0 Å². The van der Waals surface area contributed by atoms with E-state index in [0.717, 1.165) is 0 Å². The minimum absolute atomic E-state index is 0.0911. The summed E-state index contributed by atoms with van der Waals surface area (Å²) in [5.74, 6) is -1.40. The second-order valence-corrected chi connectivity index (χ2v) is 3.16. The van der Waals surface area contributed by atoms with Crippen LogP contribution in [-0.4, -0.2) is 35.6 Å². The fourth-order valence-corrected chi connectivity index (χ4v) is 1.23. The van der Waals surface area contributed by atoms with Gasteiger partial charge in [-0.15, -0.1) is 0 Å². The summed E-state index contributed by atoms with van der Waals surface area (Å²) < 4.78 is 2.61. The molecule has 0 aliphatic carbocycles. The zero-order valence-electron chi connectivity index (χ0n) is 8.42. The Kier molecular flexibility index (Phi) is 2.57. The third kappa shape index (κ3) is 2.27. The summed E-state index contributed by atoms with van der Waals surface area (Å²) >= 11 is 0. The van der Waals surface area contributed by atoms with E-state index in [4.69, 9.17) is 5.11 Å². The lowest BCUT2D eigenvalue weighted by molar-refractivity contribution is -0.389. The van der Waals surface area contributed by atoms with Gasteiger partial charge in [0.05, 0.1) is 17.4 Å². The van der Waals surface area contributed by atoms with Crippen molar-refractivity contribution in [1.82, 2.24) is 19.6 Å². The average molecular weight is 237 g/mol. The molecule has 2 rings (SSSR count). The summed E-state index contributed by atoms with van der Waals surface area (Å²) in [6.07, 6.45) is 2.87. The largest absolute Gasteiger partial charge is 0.476 e. The standard InChI is InChI=1S/C8H7N5O4/c14-8(15)6-1-3-11(9-6)5-12-4-2-7(10-12)13(16)17/h1-4H,5H2,(H,14,15). The van der Waals surface area contributed by atoms with Crippen LogP contribution in [0.1, 0.15) is 10.5 Å². The normalized spacial score (nSPS) is 10.4. The van der Waals surface area contributed by atoms with Gasteiger partial charge in [-0.05, 0) is 11.0 Å². The summed E-state index contributed by atoms with van der Waals surface area (Å²) in [5.41, 5.74) is -0.0911. The molecule has 0 bridgehead atoms. The molecule has 0 atom stereocenters. The predicted molar refractivity (Wildman–Crippen MR) is 53.5 cm³/mol. The van der Waals surface area contributed by atoms with Crippen molar-refractivity contribution in [2.45, 2.75) is 6.67 Å². The van der Waals surface area contributed by atoms with E-state index >= 15 is 0 Å². The van der Waals surface area contributed by atoms with Crippen molar-refractivity contribution in [2.75, 3.05) is 0 Å². The highest BCUT2D eigenvalue weighted by Gasteiger charge is 2.12. The van der Waals surface area contributed by atoms with E-state index in [-0.39, 0.29) is 18.2 Å². The Balaban J connectivity index is 2.13. The number of hydrogen-bond acceptors (Lipinski definition) is 5. The maximum atomic E-state index is 10.6. The molecule has 2 aromatic rings. The fraction of sp³-hybridized carbons (Fsp3) is 0.125. The van der Waals surface area contributed by atoms with Crippen LogP contribution in [0.5, 0.6) is 0 Å². The lowest BCUT2D eigenvalue weighted by Gasteiger charge is -1.96. The highest BCUT2D eigenvalue weighted by Crippen LogP contribution is 2.05. The third-order valence-electron chi connectivity index (χ3n) is 1.96. The molecule has 0 aromatic carbocycles. The molecule has 88 valence electrons. The van der Waals surface area contributed by atoms with Gasteiger partial charge in [0.15, 0.2) is 12.4 Å². The van der Waals surface area contributed by atoms with Crippen molar-refractivity contribution in [1.29, 1.82) is 0 Å². The minimum Gasteiger partial charge on any atom is -0.476 e. The Morgan fingerprint density at radius 1 is 1.35 bits per heavy atom. The molecule has 0 radical (unpaired) electrons. The van der Waals surface area contributed by atoms with Crippen molar-refractivity contribution in [3.05, 3.63) is 40.3 Å². The van der Waals surface area contributed by atoms with E-state index in [9.17, 15) is 14.9 Å². The van der Waals surface area contributed by atoms with Crippen molar-refractivity contribution < 1.29 is 14.8 Å². The van der Waals surface area contributed by atoms with E-state index in [1.165, 1.54) is 33.9 Å². The number of rotatable bonds is 4. The predicted octanol–water partition coefficient (Wildman–Crippen LogP) is 0.192. The molecule has 17 heavy (non-hydrogen) atoms. The van der Waals surface area contributed by atoms with Crippen LogP contribution >= 0.6 is 0 Å². The number of carboxylic acids is 1. The molecule has 0 aliphatic rings. The molecule has 1 N–H and O–H groups in total. The number of nitrogens with zero attached hydrogens (tertiary/aromatic N) is 5. The molecule has 0 unspecified atom stereocenters. The topological polar surface area (TPSA) is 116 Å². The van der Waals surface area contributed by atoms with Crippen molar-refractivity contribution in [3.63, 3.8) is 0 Å². The summed E-state index contributed by atoms with van der Waals surface area (Å²) in [7, 11) is 0. The van der Waals surface area contributed by atoms with Gasteiger partial charge in [-0.3, -0.25) is 0 Å². The number of carbonyl (C=O) groups is 1. The maximum absolute atomic E-state index is 10.6. The lowest BCUT2D eigenvalue weighted by Crippen LogP contribution is -2.10. The van der Waals surface area contributed by atoms with Gasteiger partial charge in [-0.1, -0.05) is 0 Å². The Morgan fingerprint density at radius 3 is 2.53 bits per heavy atom.